The van der Waals surface area contributed by atoms with Crippen molar-refractivity contribution in [2.24, 2.45) is 0 Å². The van der Waals surface area contributed by atoms with E-state index in [4.69, 9.17) is 9.84 Å². The van der Waals surface area contributed by atoms with E-state index < -0.39 is 0 Å². The van der Waals surface area contributed by atoms with Crippen LogP contribution in [-0.4, -0.2) is 22.2 Å². The lowest BCUT2D eigenvalue weighted by atomic mass is 10.1. The smallest absolute Gasteiger partial charge is 0.141 e. The molecule has 16 heavy (non-hydrogen) atoms. The zero-order chi connectivity index (χ0) is 11.5. The second-order valence-electron chi connectivity index (χ2n) is 3.62. The molecule has 1 aromatic carbocycles. The van der Waals surface area contributed by atoms with Crippen molar-refractivity contribution in [2.75, 3.05) is 7.11 Å². The van der Waals surface area contributed by atoms with Gasteiger partial charge < -0.3 is 14.8 Å². The number of nitrogens with one attached hydrogen (secondary N) is 1. The number of benzene rings is 1. The molecule has 2 aromatic rings. The summed E-state index contributed by atoms with van der Waals surface area (Å²) in [5.41, 5.74) is 2.72. The first kappa shape index (κ1) is 10.7. The van der Waals surface area contributed by atoms with Crippen LogP contribution in [0.1, 0.15) is 11.3 Å². The van der Waals surface area contributed by atoms with Gasteiger partial charge in [-0.3, -0.25) is 0 Å². The zero-order valence-corrected chi connectivity index (χ0v) is 9.32. The summed E-state index contributed by atoms with van der Waals surface area (Å²) in [7, 11) is 1.63. The maximum atomic E-state index is 8.97. The fraction of sp³-hybridized carbons (Fsp3) is 0.250. The molecule has 0 fully saturated rings. The van der Waals surface area contributed by atoms with E-state index in [1.807, 2.05) is 25.1 Å². The van der Waals surface area contributed by atoms with E-state index in [9.17, 15) is 0 Å². The molecule has 1 heterocycles. The Morgan fingerprint density at radius 1 is 1.44 bits per heavy atom. The number of rotatable bonds is 3. The maximum Gasteiger partial charge on any atom is 0.141 e. The largest absolute Gasteiger partial charge is 0.496 e. The highest BCUT2D eigenvalue weighted by Gasteiger charge is 2.09. The van der Waals surface area contributed by atoms with Crippen molar-refractivity contribution in [1.29, 1.82) is 0 Å². The van der Waals surface area contributed by atoms with E-state index in [-0.39, 0.29) is 6.61 Å². The molecule has 2 N–H and O–H groups in total. The van der Waals surface area contributed by atoms with Crippen LogP contribution in [0.15, 0.2) is 24.4 Å². The number of aliphatic hydroxyl groups is 1. The van der Waals surface area contributed by atoms with Gasteiger partial charge in [0.05, 0.1) is 31.2 Å². The number of aryl methyl sites for hydroxylation is 1. The number of aromatic amines is 1. The second-order valence-corrected chi connectivity index (χ2v) is 3.62. The van der Waals surface area contributed by atoms with Gasteiger partial charge in [-0.15, -0.1) is 0 Å². The van der Waals surface area contributed by atoms with Crippen molar-refractivity contribution < 1.29 is 9.84 Å². The van der Waals surface area contributed by atoms with Crippen LogP contribution in [-0.2, 0) is 6.61 Å². The summed E-state index contributed by atoms with van der Waals surface area (Å²) in [6, 6.07) is 5.91. The standard InChI is InChI=1S/C12H14N2O2/c1-8-3-4-10(11(5-8)16-2)12-13-6-9(7-15)14-12/h3-6,15H,7H2,1-2H3,(H,13,14). The van der Waals surface area contributed by atoms with Crippen LogP contribution in [0.3, 0.4) is 0 Å². The molecule has 0 atom stereocenters. The van der Waals surface area contributed by atoms with Crippen LogP contribution in [0.5, 0.6) is 5.75 Å². The molecule has 0 aliphatic rings. The number of aliphatic hydroxyl groups excluding tert-OH is 1. The monoisotopic (exact) mass is 218 g/mol. The average molecular weight is 218 g/mol. The number of hydrogen-bond donors (Lipinski definition) is 2. The Bertz CT molecular complexity index is 492. The molecule has 0 saturated heterocycles. The number of ether oxygens (including phenoxy) is 1. The zero-order valence-electron chi connectivity index (χ0n) is 9.32. The van der Waals surface area contributed by atoms with Crippen LogP contribution < -0.4 is 4.74 Å². The van der Waals surface area contributed by atoms with Gasteiger partial charge in [-0.2, -0.15) is 0 Å². The van der Waals surface area contributed by atoms with E-state index in [0.29, 0.717) is 11.5 Å². The topological polar surface area (TPSA) is 58.1 Å². The number of hydrogen-bond acceptors (Lipinski definition) is 3. The summed E-state index contributed by atoms with van der Waals surface area (Å²) >= 11 is 0. The molecule has 2 rings (SSSR count). The predicted molar refractivity (Wildman–Crippen MR) is 61.2 cm³/mol. The van der Waals surface area contributed by atoms with Crippen molar-refractivity contribution in [1.82, 2.24) is 9.97 Å². The lowest BCUT2D eigenvalue weighted by Crippen LogP contribution is -1.90. The summed E-state index contributed by atoms with van der Waals surface area (Å²) in [6.45, 7) is 1.97. The van der Waals surface area contributed by atoms with Gasteiger partial charge >= 0.3 is 0 Å². The average Bonchev–Trinajstić information content (AvgIpc) is 2.77. The first-order chi connectivity index (χ1) is 7.74. The van der Waals surface area contributed by atoms with Crippen molar-refractivity contribution >= 4 is 0 Å². The molecular formula is C12H14N2O2. The Kier molecular flexibility index (Phi) is 2.92. The van der Waals surface area contributed by atoms with Crippen molar-refractivity contribution in [3.63, 3.8) is 0 Å². The number of imidazole rings is 1. The third-order valence-corrected chi connectivity index (χ3v) is 2.41. The lowest BCUT2D eigenvalue weighted by molar-refractivity contribution is 0.277. The molecule has 4 heteroatoms. The van der Waals surface area contributed by atoms with Crippen LogP contribution in [0.25, 0.3) is 11.4 Å². The molecule has 1 aromatic heterocycles. The molecule has 84 valence electrons. The summed E-state index contributed by atoms with van der Waals surface area (Å²) in [5.74, 6) is 1.49. The molecule has 4 nitrogen and oxygen atoms in total. The minimum absolute atomic E-state index is 0.0405. The SMILES string of the molecule is COc1cc(C)ccc1-c1ncc(CO)[nH]1. The molecule has 0 spiro atoms. The Morgan fingerprint density at radius 3 is 2.88 bits per heavy atom. The molecule has 0 bridgehead atoms. The second kappa shape index (κ2) is 4.37. The molecule has 0 saturated carbocycles. The van der Waals surface area contributed by atoms with Gasteiger partial charge in [-0.25, -0.2) is 4.98 Å². The normalized spacial score (nSPS) is 10.4. The Balaban J connectivity index is 2.46. The minimum atomic E-state index is -0.0405. The van der Waals surface area contributed by atoms with E-state index in [1.165, 1.54) is 0 Å². The van der Waals surface area contributed by atoms with Gasteiger partial charge in [0, 0.05) is 0 Å². The lowest BCUT2D eigenvalue weighted by Gasteiger charge is -2.06. The minimum Gasteiger partial charge on any atom is -0.496 e. The highest BCUT2D eigenvalue weighted by molar-refractivity contribution is 5.65. The molecule has 0 amide bonds. The van der Waals surface area contributed by atoms with Crippen LogP contribution in [0.4, 0.5) is 0 Å². The summed E-state index contributed by atoms with van der Waals surface area (Å²) < 4.78 is 5.30. The summed E-state index contributed by atoms with van der Waals surface area (Å²) in [4.78, 5) is 7.23. The van der Waals surface area contributed by atoms with Crippen molar-refractivity contribution in [2.45, 2.75) is 13.5 Å². The first-order valence-electron chi connectivity index (χ1n) is 5.04. The highest BCUT2D eigenvalue weighted by atomic mass is 16.5. The number of methoxy groups -OCH3 is 1. The van der Waals surface area contributed by atoms with Crippen molar-refractivity contribution in [3.8, 4) is 17.1 Å². The predicted octanol–water partition coefficient (Wildman–Crippen LogP) is 1.89. The fourth-order valence-corrected chi connectivity index (χ4v) is 1.57. The molecule has 0 radical (unpaired) electrons. The third kappa shape index (κ3) is 1.92. The maximum absolute atomic E-state index is 8.97. The molecule has 0 aliphatic heterocycles. The first-order valence-corrected chi connectivity index (χ1v) is 5.04. The number of nitrogens with zero attached hydrogens (tertiary/aromatic N) is 1. The van der Waals surface area contributed by atoms with Crippen molar-refractivity contribution in [3.05, 3.63) is 35.7 Å². The highest BCUT2D eigenvalue weighted by Crippen LogP contribution is 2.28. The van der Waals surface area contributed by atoms with Gasteiger partial charge in [-0.1, -0.05) is 6.07 Å². The number of aromatic nitrogens is 2. The fourth-order valence-electron chi connectivity index (χ4n) is 1.57. The van der Waals surface area contributed by atoms with Crippen LogP contribution in [0.2, 0.25) is 0 Å². The Labute approximate surface area is 93.9 Å². The van der Waals surface area contributed by atoms with Crippen LogP contribution in [0, 0.1) is 6.92 Å². The van der Waals surface area contributed by atoms with E-state index in [0.717, 1.165) is 16.9 Å². The van der Waals surface area contributed by atoms with E-state index in [2.05, 4.69) is 9.97 Å². The van der Waals surface area contributed by atoms with Gasteiger partial charge in [0.2, 0.25) is 0 Å². The summed E-state index contributed by atoms with van der Waals surface area (Å²) in [6.07, 6.45) is 1.62. The Hall–Kier alpha value is -1.81. The summed E-state index contributed by atoms with van der Waals surface area (Å²) in [5, 5.41) is 8.97. The van der Waals surface area contributed by atoms with Crippen LogP contribution >= 0.6 is 0 Å². The van der Waals surface area contributed by atoms with E-state index in [1.54, 1.807) is 13.3 Å². The molecule has 0 aliphatic carbocycles. The van der Waals surface area contributed by atoms with E-state index >= 15 is 0 Å². The third-order valence-electron chi connectivity index (χ3n) is 2.41. The quantitative estimate of drug-likeness (QED) is 0.827. The Morgan fingerprint density at radius 2 is 2.25 bits per heavy atom. The van der Waals surface area contributed by atoms with Gasteiger partial charge in [0.15, 0.2) is 0 Å². The van der Waals surface area contributed by atoms with Gasteiger partial charge in [-0.05, 0) is 24.6 Å². The molecule has 0 unspecified atom stereocenters. The van der Waals surface area contributed by atoms with Gasteiger partial charge in [0.25, 0.3) is 0 Å². The number of H-pyrrole nitrogens is 1. The molecular weight excluding hydrogens is 204 g/mol. The van der Waals surface area contributed by atoms with Gasteiger partial charge in [0.1, 0.15) is 11.6 Å².